The Bertz CT molecular complexity index is 309. The van der Waals surface area contributed by atoms with E-state index in [1.807, 2.05) is 0 Å². The molecule has 1 heterocycles. The average Bonchev–Trinajstić information content (AvgIpc) is 1.88. The van der Waals surface area contributed by atoms with Gasteiger partial charge < -0.3 is 0 Å². The van der Waals surface area contributed by atoms with E-state index < -0.39 is 7.71 Å². The number of aromatic nitrogens is 2. The van der Waals surface area contributed by atoms with Crippen molar-refractivity contribution in [1.82, 2.24) is 9.97 Å². The molecule has 0 aliphatic rings. The summed E-state index contributed by atoms with van der Waals surface area (Å²) in [5.74, 6) is 0. The van der Waals surface area contributed by atoms with E-state index in [2.05, 4.69) is 21.2 Å². The Morgan fingerprint density at radius 3 is 2.60 bits per heavy atom. The van der Waals surface area contributed by atoms with Crippen molar-refractivity contribution in [2.75, 3.05) is 0 Å². The summed E-state index contributed by atoms with van der Waals surface area (Å²) < 4.78 is 10.9. The zero-order valence-corrected chi connectivity index (χ0v) is 7.12. The van der Waals surface area contributed by atoms with Crippen molar-refractivity contribution in [2.24, 2.45) is 0 Å². The second-order valence-electron chi connectivity index (χ2n) is 1.48. The molecule has 1 unspecified atom stereocenters. The van der Waals surface area contributed by atoms with Crippen LogP contribution in [-0.2, 0) is 18.9 Å². The van der Waals surface area contributed by atoms with Gasteiger partial charge in [-0.15, -0.1) is 0 Å². The first kappa shape index (κ1) is 7.84. The first-order valence-electron chi connectivity index (χ1n) is 2.31. The third-order valence-electron chi connectivity index (χ3n) is 0.789. The molecule has 0 fully saturated rings. The number of rotatable bonds is 1. The topological polar surface area (TPSA) is 42.9 Å². The first-order valence-corrected chi connectivity index (χ1v) is 5.62. The molecule has 1 rings (SSSR count). The Labute approximate surface area is 67.6 Å². The van der Waals surface area contributed by atoms with E-state index in [1.54, 1.807) is 0 Å². The van der Waals surface area contributed by atoms with Crippen LogP contribution in [0.3, 0.4) is 0 Å². The molecule has 0 amide bonds. The molecule has 0 saturated heterocycles. The molecule has 3 nitrogen and oxygen atoms in total. The Balaban J connectivity index is 3.22. The standard InChI is InChI=1S/C4H3ClN2OS2/c5-10(8,9)4-3-6-1-2-7-4/h1-3H. The molecule has 6 heteroatoms. The van der Waals surface area contributed by atoms with Crippen molar-refractivity contribution in [3.8, 4) is 0 Å². The van der Waals surface area contributed by atoms with Crippen molar-refractivity contribution in [3.63, 3.8) is 0 Å². The minimum Gasteiger partial charge on any atom is -0.260 e. The number of nitrogens with zero attached hydrogens (tertiary/aromatic N) is 2. The molecular weight excluding hydrogens is 192 g/mol. The molecule has 0 bridgehead atoms. The summed E-state index contributed by atoms with van der Waals surface area (Å²) in [6.07, 6.45) is 4.15. The average molecular weight is 195 g/mol. The van der Waals surface area contributed by atoms with Crippen LogP contribution in [0.15, 0.2) is 23.6 Å². The Kier molecular flexibility index (Phi) is 2.18. The van der Waals surface area contributed by atoms with Crippen LogP contribution in [0.25, 0.3) is 0 Å². The fourth-order valence-electron chi connectivity index (χ4n) is 0.411. The largest absolute Gasteiger partial charge is 0.260 e. The minimum absolute atomic E-state index is 0.145. The summed E-state index contributed by atoms with van der Waals surface area (Å²) in [5, 5.41) is 0.145. The van der Waals surface area contributed by atoms with Gasteiger partial charge in [0, 0.05) is 23.6 Å². The van der Waals surface area contributed by atoms with Gasteiger partial charge in [0.05, 0.1) is 6.20 Å². The maximum atomic E-state index is 10.9. The van der Waals surface area contributed by atoms with Gasteiger partial charge >= 0.3 is 0 Å². The highest BCUT2D eigenvalue weighted by atomic mass is 35.7. The normalized spacial score (nSPS) is 16.1. The number of hydrogen-bond donors (Lipinski definition) is 0. The van der Waals surface area contributed by atoms with Crippen LogP contribution >= 0.6 is 10.7 Å². The smallest absolute Gasteiger partial charge is 0.162 e. The van der Waals surface area contributed by atoms with Crippen molar-refractivity contribution in [3.05, 3.63) is 18.6 Å². The number of halogens is 1. The molecule has 54 valence electrons. The second kappa shape index (κ2) is 2.77. The molecule has 0 aliphatic carbocycles. The Morgan fingerprint density at radius 1 is 1.60 bits per heavy atom. The molecule has 1 aromatic heterocycles. The third kappa shape index (κ3) is 1.86. The van der Waals surface area contributed by atoms with Gasteiger partial charge in [-0.3, -0.25) is 4.98 Å². The SMILES string of the molecule is O=S(=S)(Cl)c1cnccn1. The van der Waals surface area contributed by atoms with Crippen molar-refractivity contribution >= 4 is 29.6 Å². The maximum absolute atomic E-state index is 10.9. The molecule has 0 aromatic carbocycles. The van der Waals surface area contributed by atoms with Gasteiger partial charge in [-0.1, -0.05) is 0 Å². The zero-order chi connectivity index (χ0) is 7.61. The van der Waals surface area contributed by atoms with Gasteiger partial charge in [0.25, 0.3) is 0 Å². The first-order chi connectivity index (χ1) is 4.61. The zero-order valence-electron chi connectivity index (χ0n) is 4.73. The van der Waals surface area contributed by atoms with E-state index in [9.17, 15) is 4.21 Å². The van der Waals surface area contributed by atoms with E-state index in [-0.39, 0.29) is 5.03 Å². The molecule has 1 atom stereocenters. The van der Waals surface area contributed by atoms with Gasteiger partial charge in [-0.2, -0.15) is 0 Å². The van der Waals surface area contributed by atoms with Crippen molar-refractivity contribution in [2.45, 2.75) is 5.03 Å². The molecule has 10 heavy (non-hydrogen) atoms. The lowest BCUT2D eigenvalue weighted by molar-refractivity contribution is 0.687. The Hall–Kier alpha value is -0.260. The summed E-state index contributed by atoms with van der Waals surface area (Å²) in [5.41, 5.74) is 0. The van der Waals surface area contributed by atoms with E-state index in [0.717, 1.165) is 0 Å². The minimum atomic E-state index is -2.87. The van der Waals surface area contributed by atoms with Crippen molar-refractivity contribution in [1.29, 1.82) is 0 Å². The lowest BCUT2D eigenvalue weighted by Crippen LogP contribution is -1.92. The molecule has 0 N–H and O–H groups in total. The molecular formula is C4H3ClN2OS2. The summed E-state index contributed by atoms with van der Waals surface area (Å²) in [4.78, 5) is 7.33. The van der Waals surface area contributed by atoms with Gasteiger partial charge in [0.2, 0.25) is 0 Å². The third-order valence-corrected chi connectivity index (χ3v) is 2.49. The predicted molar refractivity (Wildman–Crippen MR) is 41.7 cm³/mol. The molecule has 0 aliphatic heterocycles. The summed E-state index contributed by atoms with van der Waals surface area (Å²) in [6.45, 7) is 0. The highest BCUT2D eigenvalue weighted by Crippen LogP contribution is 2.08. The van der Waals surface area contributed by atoms with Crippen LogP contribution in [-0.4, -0.2) is 14.2 Å². The van der Waals surface area contributed by atoms with E-state index in [0.29, 0.717) is 0 Å². The van der Waals surface area contributed by atoms with Crippen molar-refractivity contribution < 1.29 is 4.21 Å². The van der Waals surface area contributed by atoms with E-state index >= 15 is 0 Å². The van der Waals surface area contributed by atoms with Crippen LogP contribution in [0.4, 0.5) is 0 Å². The molecule has 0 radical (unpaired) electrons. The van der Waals surface area contributed by atoms with Crippen LogP contribution < -0.4 is 0 Å². The summed E-state index contributed by atoms with van der Waals surface area (Å²) in [6, 6.07) is 0. The molecule has 1 aromatic rings. The second-order valence-corrected chi connectivity index (χ2v) is 6.04. The maximum Gasteiger partial charge on any atom is 0.162 e. The van der Waals surface area contributed by atoms with Gasteiger partial charge in [-0.25, -0.2) is 9.19 Å². The van der Waals surface area contributed by atoms with E-state index in [1.165, 1.54) is 18.6 Å². The van der Waals surface area contributed by atoms with Gasteiger partial charge in [0.15, 0.2) is 12.7 Å². The lowest BCUT2D eigenvalue weighted by atomic mass is 10.8. The molecule has 0 saturated carbocycles. The highest BCUT2D eigenvalue weighted by Gasteiger charge is 2.05. The van der Waals surface area contributed by atoms with Crippen LogP contribution in [0.5, 0.6) is 0 Å². The highest BCUT2D eigenvalue weighted by molar-refractivity contribution is 8.46. The fraction of sp³-hybridized carbons (Fsp3) is 0. The van der Waals surface area contributed by atoms with Gasteiger partial charge in [0.1, 0.15) is 0 Å². The fourth-order valence-corrected chi connectivity index (χ4v) is 1.28. The van der Waals surface area contributed by atoms with Crippen LogP contribution in [0.1, 0.15) is 0 Å². The monoisotopic (exact) mass is 194 g/mol. The van der Waals surface area contributed by atoms with Crippen LogP contribution in [0.2, 0.25) is 0 Å². The quantitative estimate of drug-likeness (QED) is 0.619. The van der Waals surface area contributed by atoms with Crippen LogP contribution in [0, 0.1) is 0 Å². The summed E-state index contributed by atoms with van der Waals surface area (Å²) >= 11 is 4.44. The number of hydrogen-bond acceptors (Lipinski definition) is 4. The lowest BCUT2D eigenvalue weighted by Gasteiger charge is -1.92. The Morgan fingerprint density at radius 2 is 2.30 bits per heavy atom. The van der Waals surface area contributed by atoms with Gasteiger partial charge in [-0.05, 0) is 10.7 Å². The van der Waals surface area contributed by atoms with E-state index in [4.69, 9.17) is 10.7 Å². The molecule has 0 spiro atoms. The summed E-state index contributed by atoms with van der Waals surface area (Å²) in [7, 11) is 2.43. The predicted octanol–water partition coefficient (Wildman–Crippen LogP) is 0.736.